The SMILES string of the molecule is CC[C@H](C)NC(=O)NC(=O)C[NH+](C)Cc1nc2ccccc2s1. The van der Waals surface area contributed by atoms with Crippen molar-refractivity contribution in [3.63, 3.8) is 0 Å². The molecule has 0 aliphatic carbocycles. The van der Waals surface area contributed by atoms with Crippen LogP contribution in [0.25, 0.3) is 10.2 Å². The van der Waals surface area contributed by atoms with Crippen LogP contribution in [0.1, 0.15) is 25.3 Å². The van der Waals surface area contributed by atoms with Crippen molar-refractivity contribution in [3.05, 3.63) is 29.3 Å². The van der Waals surface area contributed by atoms with Crippen LogP contribution in [0.3, 0.4) is 0 Å². The number of quaternary nitrogens is 1. The Morgan fingerprint density at radius 3 is 2.78 bits per heavy atom. The first-order chi connectivity index (χ1) is 11.0. The summed E-state index contributed by atoms with van der Waals surface area (Å²) in [5, 5.41) is 6.06. The maximum Gasteiger partial charge on any atom is 0.321 e. The summed E-state index contributed by atoms with van der Waals surface area (Å²) < 4.78 is 1.15. The zero-order chi connectivity index (χ0) is 16.8. The van der Waals surface area contributed by atoms with Crippen LogP contribution >= 0.6 is 11.3 Å². The van der Waals surface area contributed by atoms with E-state index in [1.165, 1.54) is 0 Å². The van der Waals surface area contributed by atoms with Gasteiger partial charge in [0.15, 0.2) is 6.54 Å². The third kappa shape index (κ3) is 5.30. The number of carbonyl (C=O) groups is 2. The minimum Gasteiger partial charge on any atom is -0.335 e. The Hall–Kier alpha value is -1.99. The number of amides is 3. The molecule has 1 unspecified atom stereocenters. The molecule has 3 amide bonds. The molecule has 7 heteroatoms. The molecule has 124 valence electrons. The Morgan fingerprint density at radius 2 is 2.09 bits per heavy atom. The number of nitrogens with zero attached hydrogens (tertiary/aromatic N) is 1. The highest BCUT2D eigenvalue weighted by Gasteiger charge is 2.16. The second-order valence-electron chi connectivity index (χ2n) is 5.72. The lowest BCUT2D eigenvalue weighted by atomic mass is 10.3. The molecule has 2 atom stereocenters. The van der Waals surface area contributed by atoms with Gasteiger partial charge in [-0.25, -0.2) is 9.78 Å². The van der Waals surface area contributed by atoms with Crippen LogP contribution in [0.2, 0.25) is 0 Å². The molecule has 3 N–H and O–H groups in total. The molecule has 1 aromatic heterocycles. The Kier molecular flexibility index (Phi) is 6.06. The number of nitrogens with one attached hydrogen (secondary N) is 3. The third-order valence-corrected chi connectivity index (χ3v) is 4.53. The summed E-state index contributed by atoms with van der Waals surface area (Å²) in [6.07, 6.45) is 0.824. The monoisotopic (exact) mass is 335 g/mol. The van der Waals surface area contributed by atoms with Gasteiger partial charge in [-0.1, -0.05) is 19.1 Å². The van der Waals surface area contributed by atoms with Crippen LogP contribution < -0.4 is 15.5 Å². The Balaban J connectivity index is 1.82. The van der Waals surface area contributed by atoms with Crippen molar-refractivity contribution in [3.8, 4) is 0 Å². The first kappa shape index (κ1) is 17.4. The van der Waals surface area contributed by atoms with Crippen molar-refractivity contribution in [2.75, 3.05) is 13.6 Å². The zero-order valence-corrected chi connectivity index (χ0v) is 14.5. The lowest BCUT2D eigenvalue weighted by Crippen LogP contribution is -3.09. The quantitative estimate of drug-likeness (QED) is 0.735. The highest BCUT2D eigenvalue weighted by molar-refractivity contribution is 7.18. The average Bonchev–Trinajstić information content (AvgIpc) is 2.88. The Bertz CT molecular complexity index is 653. The van der Waals surface area contributed by atoms with Crippen LogP contribution in [0.4, 0.5) is 4.79 Å². The van der Waals surface area contributed by atoms with Crippen LogP contribution in [-0.4, -0.2) is 36.6 Å². The lowest BCUT2D eigenvalue weighted by Gasteiger charge is -2.14. The number of thiazole rings is 1. The topological polar surface area (TPSA) is 75.5 Å². The number of para-hydroxylation sites is 1. The van der Waals surface area contributed by atoms with Crippen molar-refractivity contribution < 1.29 is 14.5 Å². The van der Waals surface area contributed by atoms with Crippen LogP contribution in [0.15, 0.2) is 24.3 Å². The molecule has 2 rings (SSSR count). The summed E-state index contributed by atoms with van der Waals surface area (Å²) in [4.78, 5) is 29.0. The van der Waals surface area contributed by atoms with Gasteiger partial charge in [-0.15, -0.1) is 11.3 Å². The molecular weight excluding hydrogens is 312 g/mol. The third-order valence-electron chi connectivity index (χ3n) is 3.50. The fourth-order valence-electron chi connectivity index (χ4n) is 2.12. The molecule has 1 aromatic carbocycles. The summed E-state index contributed by atoms with van der Waals surface area (Å²) in [6.45, 7) is 4.75. The van der Waals surface area contributed by atoms with E-state index in [9.17, 15) is 9.59 Å². The maximum atomic E-state index is 11.9. The van der Waals surface area contributed by atoms with E-state index in [1.54, 1.807) is 11.3 Å². The number of hydrogen-bond acceptors (Lipinski definition) is 4. The van der Waals surface area contributed by atoms with Crippen LogP contribution in [0, 0.1) is 0 Å². The number of aromatic nitrogens is 1. The molecule has 6 nitrogen and oxygen atoms in total. The predicted octanol–water partition coefficient (Wildman–Crippen LogP) is 0.935. The second-order valence-corrected chi connectivity index (χ2v) is 6.83. The van der Waals surface area contributed by atoms with E-state index in [-0.39, 0.29) is 18.5 Å². The molecule has 0 spiro atoms. The van der Waals surface area contributed by atoms with Gasteiger partial charge in [0.1, 0.15) is 11.6 Å². The van der Waals surface area contributed by atoms with Crippen molar-refractivity contribution in [2.24, 2.45) is 0 Å². The standard InChI is InChI=1S/C16H22N4O2S/c1-4-11(2)17-16(22)19-14(21)9-20(3)10-15-18-12-7-5-6-8-13(12)23-15/h5-8,11H,4,9-10H2,1-3H3,(H2,17,19,21,22)/p+1/t11-/m0/s1. The molecule has 0 saturated carbocycles. The molecular formula is C16H23N4O2S+. The second kappa shape index (κ2) is 8.03. The molecule has 0 fully saturated rings. The van der Waals surface area contributed by atoms with Crippen LogP contribution in [-0.2, 0) is 11.3 Å². The number of likely N-dealkylation sites (N-methyl/N-ethyl adjacent to an activating group) is 1. The van der Waals surface area contributed by atoms with Gasteiger partial charge >= 0.3 is 6.03 Å². The number of benzene rings is 1. The van der Waals surface area contributed by atoms with Gasteiger partial charge in [-0.2, -0.15) is 0 Å². The van der Waals surface area contributed by atoms with Gasteiger partial charge in [-0.3, -0.25) is 10.1 Å². The predicted molar refractivity (Wildman–Crippen MR) is 91.5 cm³/mol. The molecule has 0 bridgehead atoms. The molecule has 2 aromatic rings. The van der Waals surface area contributed by atoms with Crippen molar-refractivity contribution in [1.29, 1.82) is 0 Å². The van der Waals surface area contributed by atoms with E-state index < -0.39 is 6.03 Å². The fraction of sp³-hybridized carbons (Fsp3) is 0.438. The smallest absolute Gasteiger partial charge is 0.321 e. The lowest BCUT2D eigenvalue weighted by molar-refractivity contribution is -0.885. The maximum absolute atomic E-state index is 11.9. The van der Waals surface area contributed by atoms with E-state index in [0.717, 1.165) is 26.5 Å². The van der Waals surface area contributed by atoms with E-state index in [4.69, 9.17) is 0 Å². The molecule has 1 heterocycles. The first-order valence-corrected chi connectivity index (χ1v) is 8.55. The number of urea groups is 1. The van der Waals surface area contributed by atoms with E-state index in [0.29, 0.717) is 6.54 Å². The van der Waals surface area contributed by atoms with Gasteiger partial charge in [0.05, 0.1) is 17.3 Å². The normalized spacial score (nSPS) is 13.5. The molecule has 0 radical (unpaired) electrons. The molecule has 0 saturated heterocycles. The van der Waals surface area contributed by atoms with E-state index in [2.05, 4.69) is 15.6 Å². The summed E-state index contributed by atoms with van der Waals surface area (Å²) in [5.74, 6) is -0.288. The van der Waals surface area contributed by atoms with Gasteiger partial charge in [0.25, 0.3) is 5.91 Å². The number of carbonyl (C=O) groups excluding carboxylic acids is 2. The van der Waals surface area contributed by atoms with E-state index in [1.807, 2.05) is 45.2 Å². The van der Waals surface area contributed by atoms with Gasteiger partial charge in [0.2, 0.25) is 0 Å². The highest BCUT2D eigenvalue weighted by atomic mass is 32.1. The summed E-state index contributed by atoms with van der Waals surface area (Å²) >= 11 is 1.64. The molecule has 0 aliphatic rings. The van der Waals surface area contributed by atoms with Crippen LogP contribution in [0.5, 0.6) is 0 Å². The fourth-order valence-corrected chi connectivity index (χ4v) is 3.20. The van der Waals surface area contributed by atoms with Crippen molar-refractivity contribution in [1.82, 2.24) is 15.6 Å². The number of rotatable bonds is 6. The number of fused-ring (bicyclic) bond motifs is 1. The van der Waals surface area contributed by atoms with Gasteiger partial charge in [-0.05, 0) is 25.5 Å². The molecule has 0 aliphatic heterocycles. The molecule has 23 heavy (non-hydrogen) atoms. The minimum atomic E-state index is -0.433. The van der Waals surface area contributed by atoms with Gasteiger partial charge < -0.3 is 10.2 Å². The summed E-state index contributed by atoms with van der Waals surface area (Å²) in [5.41, 5.74) is 0.984. The summed E-state index contributed by atoms with van der Waals surface area (Å²) in [7, 11) is 1.91. The first-order valence-electron chi connectivity index (χ1n) is 7.74. The zero-order valence-electron chi connectivity index (χ0n) is 13.7. The van der Waals surface area contributed by atoms with Crippen molar-refractivity contribution in [2.45, 2.75) is 32.9 Å². The Labute approximate surface area is 139 Å². The number of hydrogen-bond donors (Lipinski definition) is 3. The van der Waals surface area contributed by atoms with E-state index >= 15 is 0 Å². The van der Waals surface area contributed by atoms with Gasteiger partial charge in [0, 0.05) is 6.04 Å². The largest absolute Gasteiger partial charge is 0.335 e. The minimum absolute atomic E-state index is 0.0515. The average molecular weight is 335 g/mol. The Morgan fingerprint density at radius 1 is 1.35 bits per heavy atom. The summed E-state index contributed by atoms with van der Waals surface area (Å²) in [6, 6.07) is 7.59. The highest BCUT2D eigenvalue weighted by Crippen LogP contribution is 2.20. The number of imide groups is 1. The van der Waals surface area contributed by atoms with Crippen molar-refractivity contribution >= 4 is 33.5 Å².